The molecule has 0 aliphatic rings. The van der Waals surface area contributed by atoms with Gasteiger partial charge >= 0.3 is 28.6 Å². The van der Waals surface area contributed by atoms with Gasteiger partial charge < -0.3 is 6.92 Å². The van der Waals surface area contributed by atoms with Crippen molar-refractivity contribution >= 4 is 4.73 Å². The smallest absolute Gasteiger partial charge is 0.0927 e. The van der Waals surface area contributed by atoms with Gasteiger partial charge in [-0.1, -0.05) is 6.92 Å². The largest absolute Gasteiger partial charge is 0.344 e. The van der Waals surface area contributed by atoms with Gasteiger partial charge in [-0.25, -0.2) is 0 Å². The molecule has 0 saturated carbocycles. The second kappa shape index (κ2) is 32.6. The van der Waals surface area contributed by atoms with Crippen LogP contribution in [0.15, 0.2) is 0 Å². The minimum atomic E-state index is 0. The summed E-state index contributed by atoms with van der Waals surface area (Å²) in [5, 5.41) is 0. The molecule has 0 aromatic carbocycles. The van der Waals surface area contributed by atoms with E-state index in [4.69, 9.17) is 0 Å². The summed E-state index contributed by atoms with van der Waals surface area (Å²) in [5.41, 5.74) is 0. The zero-order valence-corrected chi connectivity index (χ0v) is 6.24. The molecule has 0 bridgehead atoms. The number of hydrogen-bond donors (Lipinski definition) is 0. The Hall–Kier alpha value is 0.384. The van der Waals surface area contributed by atoms with Crippen LogP contribution in [0.3, 0.4) is 0 Å². The van der Waals surface area contributed by atoms with Crippen LogP contribution in [0.2, 0.25) is 0 Å². The van der Waals surface area contributed by atoms with Crippen LogP contribution < -0.4 is 0 Å². The normalized spacial score (nSPS) is 4.29. The van der Waals surface area contributed by atoms with Crippen molar-refractivity contribution in [2.75, 3.05) is 0 Å². The van der Waals surface area contributed by atoms with E-state index in [1.54, 1.807) is 0 Å². The summed E-state index contributed by atoms with van der Waals surface area (Å²) in [6, 6.07) is 0. The van der Waals surface area contributed by atoms with Crippen molar-refractivity contribution in [1.82, 2.24) is 0 Å². The minimum absolute atomic E-state index is 0. The van der Waals surface area contributed by atoms with E-state index in [0.29, 0.717) is 0 Å². The quantitative estimate of drug-likeness (QED) is 0.452. The monoisotopic (exact) mass is 142 g/mol. The summed E-state index contributed by atoms with van der Waals surface area (Å²) in [6.07, 6.45) is 1.00. The predicted molar refractivity (Wildman–Crippen MR) is 29.9 cm³/mol. The van der Waals surface area contributed by atoms with Gasteiger partial charge in [0.05, 0.1) is 0 Å². The van der Waals surface area contributed by atoms with E-state index in [2.05, 4.69) is 23.9 Å². The van der Waals surface area contributed by atoms with Gasteiger partial charge in [0.2, 0.25) is 0 Å². The maximum Gasteiger partial charge on any atom is -0.0927 e. The van der Waals surface area contributed by atoms with Gasteiger partial charge in [-0.2, -0.15) is 6.42 Å². The Labute approximate surface area is 54.2 Å². The van der Waals surface area contributed by atoms with Gasteiger partial charge in [0.15, 0.2) is 0 Å². The first-order chi connectivity index (χ1) is 2.83. The maximum absolute atomic E-state index is 3.49. The third-order valence-electron chi connectivity index (χ3n) is 0. The first kappa shape index (κ1) is 15.7. The van der Waals surface area contributed by atoms with Crippen LogP contribution >= 0.6 is 0 Å². The molecular weight excluding hydrogens is 130 g/mol. The Morgan fingerprint density at radius 3 is 1.71 bits per heavy atom. The standard InChI is InChI=1S/C3H7.C2H4.FH.V/c1-3-2;1-2;;/h1,3H2,2H3;1H,2H3;1H;/q-1;;;. The third-order valence-corrected chi connectivity index (χ3v) is 0. The molecule has 0 saturated heterocycles. The SMILES string of the molecule is C[CH]=[V].F.[CH2-]CC. The van der Waals surface area contributed by atoms with E-state index in [1.807, 2.05) is 18.6 Å². The Morgan fingerprint density at radius 2 is 1.71 bits per heavy atom. The van der Waals surface area contributed by atoms with Crippen molar-refractivity contribution in [3.05, 3.63) is 6.92 Å². The average Bonchev–Trinajstić information content (AvgIpc) is 1.39. The molecule has 0 heterocycles. The fourth-order valence-electron chi connectivity index (χ4n) is 0. The molecule has 0 amide bonds. The van der Waals surface area contributed by atoms with Gasteiger partial charge in [-0.05, 0) is 0 Å². The Bertz CT molecular complexity index is 22.0. The molecule has 0 N–H and O–H groups in total. The van der Waals surface area contributed by atoms with Crippen molar-refractivity contribution in [1.29, 1.82) is 0 Å². The summed E-state index contributed by atoms with van der Waals surface area (Å²) in [5.74, 6) is 0. The molecule has 0 spiro atoms. The van der Waals surface area contributed by atoms with Gasteiger partial charge in [0.25, 0.3) is 0 Å². The summed E-state index contributed by atoms with van der Waals surface area (Å²) in [6.45, 7) is 7.47. The van der Waals surface area contributed by atoms with E-state index in [1.165, 1.54) is 0 Å². The zero-order valence-electron chi connectivity index (χ0n) is 4.85. The number of halogens is 1. The Balaban J connectivity index is -0.0000000400. The fraction of sp³-hybridized carbons (Fsp3) is 0.600. The first-order valence-corrected chi connectivity index (χ1v) is 2.85. The van der Waals surface area contributed by atoms with Gasteiger partial charge in [0.1, 0.15) is 0 Å². The molecule has 0 aromatic rings. The van der Waals surface area contributed by atoms with Crippen LogP contribution in [-0.2, 0) is 17.0 Å². The van der Waals surface area contributed by atoms with Crippen molar-refractivity contribution in [3.8, 4) is 0 Å². The van der Waals surface area contributed by atoms with Crippen molar-refractivity contribution in [2.24, 2.45) is 0 Å². The van der Waals surface area contributed by atoms with Crippen LogP contribution in [0.1, 0.15) is 20.3 Å². The molecule has 2 heteroatoms. The van der Waals surface area contributed by atoms with Crippen LogP contribution in [0.4, 0.5) is 4.70 Å². The molecule has 0 unspecified atom stereocenters. The molecule has 0 fully saturated rings. The van der Waals surface area contributed by atoms with Gasteiger partial charge in [-0.3, -0.25) is 4.70 Å². The first-order valence-electron chi connectivity index (χ1n) is 2.04. The Morgan fingerprint density at radius 1 is 1.71 bits per heavy atom. The molecule has 7 heavy (non-hydrogen) atoms. The predicted octanol–water partition coefficient (Wildman–Crippen LogP) is 1.74. The van der Waals surface area contributed by atoms with E-state index < -0.39 is 0 Å². The van der Waals surface area contributed by atoms with Crippen molar-refractivity contribution in [3.63, 3.8) is 0 Å². The van der Waals surface area contributed by atoms with E-state index >= 15 is 0 Å². The zero-order chi connectivity index (χ0) is 5.41. The molecular formula is C5H12FV-. The van der Waals surface area contributed by atoms with Crippen LogP contribution in [-0.4, -0.2) is 4.73 Å². The summed E-state index contributed by atoms with van der Waals surface area (Å²) < 4.78 is 1.94. The van der Waals surface area contributed by atoms with Crippen LogP contribution in [0.5, 0.6) is 0 Å². The molecule has 0 nitrogen and oxygen atoms in total. The molecule has 0 aliphatic heterocycles. The van der Waals surface area contributed by atoms with Gasteiger partial charge in [-0.15, -0.1) is 0 Å². The summed E-state index contributed by atoms with van der Waals surface area (Å²) >= 11 is 2.34. The number of rotatable bonds is 0. The van der Waals surface area contributed by atoms with Crippen molar-refractivity contribution < 1.29 is 21.7 Å². The average molecular weight is 142 g/mol. The third kappa shape index (κ3) is 831. The molecule has 0 radical (unpaired) electrons. The van der Waals surface area contributed by atoms with Crippen LogP contribution in [0.25, 0.3) is 0 Å². The molecule has 0 aliphatic carbocycles. The fourth-order valence-corrected chi connectivity index (χ4v) is 0. The van der Waals surface area contributed by atoms with Gasteiger partial charge in [0, 0.05) is 0 Å². The molecule has 0 aromatic heterocycles. The van der Waals surface area contributed by atoms with E-state index in [0.717, 1.165) is 6.42 Å². The topological polar surface area (TPSA) is 0 Å². The summed E-state index contributed by atoms with van der Waals surface area (Å²) in [4.78, 5) is 0. The minimum Gasteiger partial charge on any atom is -0.344 e. The Kier molecular flexibility index (Phi) is 72.8. The molecule has 0 atom stereocenters. The van der Waals surface area contributed by atoms with Crippen LogP contribution in [0, 0.1) is 6.92 Å². The van der Waals surface area contributed by atoms with E-state index in [-0.39, 0.29) is 4.70 Å². The second-order valence-corrected chi connectivity index (χ2v) is 1.56. The van der Waals surface area contributed by atoms with E-state index in [9.17, 15) is 0 Å². The molecule has 0 rings (SSSR count). The molecule has 45 valence electrons. The maximum atomic E-state index is 3.49. The summed E-state index contributed by atoms with van der Waals surface area (Å²) in [7, 11) is 0. The number of hydrogen-bond acceptors (Lipinski definition) is 0. The van der Waals surface area contributed by atoms with Crippen molar-refractivity contribution in [2.45, 2.75) is 20.3 Å². The second-order valence-electron chi connectivity index (χ2n) is 0.758.